The topological polar surface area (TPSA) is 49.3 Å². The van der Waals surface area contributed by atoms with E-state index in [-0.39, 0.29) is 5.91 Å². The normalized spacial score (nSPS) is 16.4. The van der Waals surface area contributed by atoms with E-state index in [1.165, 1.54) is 25.7 Å². The van der Waals surface area contributed by atoms with Crippen molar-refractivity contribution >= 4 is 17.2 Å². The number of nitrogens with one attached hydrogen (secondary N) is 1. The Kier molecular flexibility index (Phi) is 5.47. The predicted octanol–water partition coefficient (Wildman–Crippen LogP) is 4.03. The van der Waals surface area contributed by atoms with Gasteiger partial charge in [-0.2, -0.15) is 0 Å². The molecule has 1 atom stereocenters. The number of aliphatic hydroxyl groups excluding tert-OH is 1. The van der Waals surface area contributed by atoms with Crippen LogP contribution in [0.5, 0.6) is 0 Å². The van der Waals surface area contributed by atoms with E-state index in [2.05, 4.69) is 5.32 Å². The summed E-state index contributed by atoms with van der Waals surface area (Å²) in [5.74, 6) is 0.726. The lowest BCUT2D eigenvalue weighted by atomic mass is 10.0. The molecule has 2 aromatic rings. The van der Waals surface area contributed by atoms with Crippen LogP contribution < -0.4 is 5.32 Å². The van der Waals surface area contributed by atoms with Gasteiger partial charge in [-0.15, -0.1) is 11.3 Å². The average molecular weight is 329 g/mol. The molecule has 0 unspecified atom stereocenters. The molecule has 1 amide bonds. The summed E-state index contributed by atoms with van der Waals surface area (Å²) in [6.07, 6.45) is 4.99. The number of carbonyl (C=O) groups excluding carboxylic acids is 1. The fourth-order valence-electron chi connectivity index (χ4n) is 3.17. The molecule has 2 N–H and O–H groups in total. The maximum absolute atomic E-state index is 12.0. The van der Waals surface area contributed by atoms with Crippen LogP contribution in [0.25, 0.3) is 0 Å². The smallest absolute Gasteiger partial charge is 0.220 e. The SMILES string of the molecule is O=C(CC1CCCC1)NCc1ccc([C@@H](O)c2ccccc2)s1. The van der Waals surface area contributed by atoms with Crippen LogP contribution >= 0.6 is 11.3 Å². The minimum absolute atomic E-state index is 0.149. The molecule has 122 valence electrons. The van der Waals surface area contributed by atoms with E-state index in [4.69, 9.17) is 0 Å². The lowest BCUT2D eigenvalue weighted by Crippen LogP contribution is -2.24. The number of benzene rings is 1. The van der Waals surface area contributed by atoms with Crippen molar-refractivity contribution in [1.29, 1.82) is 0 Å². The van der Waals surface area contributed by atoms with Crippen LogP contribution in [0.15, 0.2) is 42.5 Å². The molecule has 1 aliphatic carbocycles. The van der Waals surface area contributed by atoms with Crippen molar-refractivity contribution in [2.75, 3.05) is 0 Å². The summed E-state index contributed by atoms with van der Waals surface area (Å²) in [4.78, 5) is 14.0. The van der Waals surface area contributed by atoms with Crippen molar-refractivity contribution < 1.29 is 9.90 Å². The summed E-state index contributed by atoms with van der Waals surface area (Å²) < 4.78 is 0. The molecule has 0 aliphatic heterocycles. The number of thiophene rings is 1. The first kappa shape index (κ1) is 16.2. The summed E-state index contributed by atoms with van der Waals surface area (Å²) in [5, 5.41) is 13.4. The fraction of sp³-hybridized carbons (Fsp3) is 0.421. The number of amides is 1. The number of hydrogen-bond donors (Lipinski definition) is 2. The van der Waals surface area contributed by atoms with Gasteiger partial charge in [-0.05, 0) is 36.5 Å². The van der Waals surface area contributed by atoms with Gasteiger partial charge in [0, 0.05) is 16.2 Å². The highest BCUT2D eigenvalue weighted by Gasteiger charge is 2.18. The Bertz CT molecular complexity index is 632. The molecule has 4 heteroatoms. The minimum Gasteiger partial charge on any atom is -0.383 e. The van der Waals surface area contributed by atoms with E-state index < -0.39 is 6.10 Å². The van der Waals surface area contributed by atoms with Crippen molar-refractivity contribution in [2.45, 2.75) is 44.8 Å². The van der Waals surface area contributed by atoms with Gasteiger partial charge in [-0.1, -0.05) is 43.2 Å². The van der Waals surface area contributed by atoms with Crippen LogP contribution in [0.1, 0.15) is 53.5 Å². The molecule has 23 heavy (non-hydrogen) atoms. The monoisotopic (exact) mass is 329 g/mol. The molecule has 1 aromatic carbocycles. The standard InChI is InChI=1S/C19H23NO2S/c21-18(12-14-6-4-5-7-14)20-13-16-10-11-17(23-16)19(22)15-8-2-1-3-9-15/h1-3,8-11,14,19,22H,4-7,12-13H2,(H,20,21)/t19-/m0/s1. The maximum atomic E-state index is 12.0. The Balaban J connectivity index is 1.52. The van der Waals surface area contributed by atoms with Gasteiger partial charge in [0.1, 0.15) is 6.10 Å². The second-order valence-electron chi connectivity index (χ2n) is 6.25. The molecule has 0 spiro atoms. The molecule has 0 saturated heterocycles. The van der Waals surface area contributed by atoms with Gasteiger partial charge in [0.25, 0.3) is 0 Å². The minimum atomic E-state index is -0.593. The predicted molar refractivity (Wildman–Crippen MR) is 93.2 cm³/mol. The number of hydrogen-bond acceptors (Lipinski definition) is 3. The van der Waals surface area contributed by atoms with E-state index in [9.17, 15) is 9.90 Å². The average Bonchev–Trinajstić information content (AvgIpc) is 3.25. The summed E-state index contributed by atoms with van der Waals surface area (Å²) >= 11 is 1.56. The molecule has 1 fully saturated rings. The highest BCUT2D eigenvalue weighted by atomic mass is 32.1. The Hall–Kier alpha value is -1.65. The Morgan fingerprint density at radius 1 is 1.17 bits per heavy atom. The van der Waals surface area contributed by atoms with Crippen LogP contribution in [-0.2, 0) is 11.3 Å². The first-order valence-corrected chi connectivity index (χ1v) is 9.12. The van der Waals surface area contributed by atoms with E-state index in [1.807, 2.05) is 42.5 Å². The largest absolute Gasteiger partial charge is 0.383 e. The molecule has 1 aromatic heterocycles. The highest BCUT2D eigenvalue weighted by Crippen LogP contribution is 2.29. The van der Waals surface area contributed by atoms with Gasteiger partial charge in [0.05, 0.1) is 6.54 Å². The van der Waals surface area contributed by atoms with Crippen molar-refractivity contribution in [3.63, 3.8) is 0 Å². The van der Waals surface area contributed by atoms with Crippen LogP contribution in [0.2, 0.25) is 0 Å². The second kappa shape index (κ2) is 7.75. The highest BCUT2D eigenvalue weighted by molar-refractivity contribution is 7.12. The quantitative estimate of drug-likeness (QED) is 0.841. The lowest BCUT2D eigenvalue weighted by molar-refractivity contribution is -0.122. The third kappa shape index (κ3) is 4.43. The van der Waals surface area contributed by atoms with Gasteiger partial charge >= 0.3 is 0 Å². The Labute approximate surface area is 141 Å². The van der Waals surface area contributed by atoms with Crippen LogP contribution in [-0.4, -0.2) is 11.0 Å². The summed E-state index contributed by atoms with van der Waals surface area (Å²) in [5.41, 5.74) is 0.895. The molecular formula is C19H23NO2S. The first-order chi connectivity index (χ1) is 11.2. The van der Waals surface area contributed by atoms with Crippen molar-refractivity contribution in [3.05, 3.63) is 57.8 Å². The Morgan fingerprint density at radius 3 is 2.65 bits per heavy atom. The van der Waals surface area contributed by atoms with Gasteiger partial charge in [0.2, 0.25) is 5.91 Å². The molecule has 3 rings (SSSR count). The van der Waals surface area contributed by atoms with E-state index in [0.717, 1.165) is 15.3 Å². The van der Waals surface area contributed by atoms with E-state index >= 15 is 0 Å². The molecule has 0 bridgehead atoms. The molecule has 0 radical (unpaired) electrons. The third-order valence-electron chi connectivity index (χ3n) is 4.48. The van der Waals surface area contributed by atoms with Gasteiger partial charge in [-0.25, -0.2) is 0 Å². The number of aliphatic hydroxyl groups is 1. The third-order valence-corrected chi connectivity index (χ3v) is 5.61. The Morgan fingerprint density at radius 2 is 1.91 bits per heavy atom. The van der Waals surface area contributed by atoms with Crippen molar-refractivity contribution in [1.82, 2.24) is 5.32 Å². The van der Waals surface area contributed by atoms with Crippen LogP contribution in [0, 0.1) is 5.92 Å². The molecular weight excluding hydrogens is 306 g/mol. The maximum Gasteiger partial charge on any atom is 0.220 e. The molecule has 1 saturated carbocycles. The van der Waals surface area contributed by atoms with Crippen LogP contribution in [0.3, 0.4) is 0 Å². The number of carbonyl (C=O) groups is 1. The van der Waals surface area contributed by atoms with E-state index in [0.29, 0.717) is 18.9 Å². The summed E-state index contributed by atoms with van der Waals surface area (Å²) in [6, 6.07) is 13.6. The van der Waals surface area contributed by atoms with Gasteiger partial charge < -0.3 is 10.4 Å². The zero-order valence-electron chi connectivity index (χ0n) is 13.2. The van der Waals surface area contributed by atoms with Crippen LogP contribution in [0.4, 0.5) is 0 Å². The fourth-order valence-corrected chi connectivity index (χ4v) is 4.14. The van der Waals surface area contributed by atoms with Gasteiger partial charge in [-0.3, -0.25) is 4.79 Å². The van der Waals surface area contributed by atoms with Crippen molar-refractivity contribution in [2.24, 2.45) is 5.92 Å². The van der Waals surface area contributed by atoms with Crippen molar-refractivity contribution in [3.8, 4) is 0 Å². The summed E-state index contributed by atoms with van der Waals surface area (Å²) in [7, 11) is 0. The van der Waals surface area contributed by atoms with E-state index in [1.54, 1.807) is 11.3 Å². The second-order valence-corrected chi connectivity index (χ2v) is 7.45. The summed E-state index contributed by atoms with van der Waals surface area (Å²) in [6.45, 7) is 0.553. The molecule has 1 heterocycles. The lowest BCUT2D eigenvalue weighted by Gasteiger charge is -2.09. The molecule has 3 nitrogen and oxygen atoms in total. The number of rotatable bonds is 6. The molecule has 1 aliphatic rings. The first-order valence-electron chi connectivity index (χ1n) is 8.30. The zero-order valence-corrected chi connectivity index (χ0v) is 14.0. The van der Waals surface area contributed by atoms with Gasteiger partial charge in [0.15, 0.2) is 0 Å². The zero-order chi connectivity index (χ0) is 16.1.